The van der Waals surface area contributed by atoms with Crippen LogP contribution in [0.1, 0.15) is 25.7 Å². The summed E-state index contributed by atoms with van der Waals surface area (Å²) in [6, 6.07) is -1.14. The van der Waals surface area contributed by atoms with Crippen molar-refractivity contribution in [2.24, 2.45) is 5.73 Å². The molecule has 0 aromatic rings. The van der Waals surface area contributed by atoms with Crippen molar-refractivity contribution in [3.63, 3.8) is 0 Å². The summed E-state index contributed by atoms with van der Waals surface area (Å²) in [5.74, 6) is -2.27. The number of amides is 2. The molecule has 1 fully saturated rings. The first-order valence-corrected chi connectivity index (χ1v) is 5.92. The summed E-state index contributed by atoms with van der Waals surface area (Å²) in [6.45, 7) is -0.331. The van der Waals surface area contributed by atoms with Gasteiger partial charge in [-0.1, -0.05) is 0 Å². The molecule has 8 nitrogen and oxygen atoms in total. The monoisotopic (exact) mass is 271 g/mol. The summed E-state index contributed by atoms with van der Waals surface area (Å²) in [6.07, 6.45) is 1.79. The van der Waals surface area contributed by atoms with Gasteiger partial charge in [-0.05, 0) is 19.3 Å². The van der Waals surface area contributed by atoms with Crippen molar-refractivity contribution in [3.8, 4) is 0 Å². The SMILES string of the molecule is NC1(C(=O)NCC(=O)NC(CCC=O)C(=O)O)CC1. The van der Waals surface area contributed by atoms with E-state index in [4.69, 9.17) is 10.8 Å². The number of hydrogen-bond acceptors (Lipinski definition) is 5. The van der Waals surface area contributed by atoms with Crippen molar-refractivity contribution in [1.82, 2.24) is 10.6 Å². The molecule has 0 radical (unpaired) electrons. The highest BCUT2D eigenvalue weighted by atomic mass is 16.4. The predicted octanol–water partition coefficient (Wildman–Crippen LogP) is -1.86. The quantitative estimate of drug-likeness (QED) is 0.382. The number of aldehydes is 1. The number of carbonyl (C=O) groups is 4. The van der Waals surface area contributed by atoms with Crippen LogP contribution < -0.4 is 16.4 Å². The van der Waals surface area contributed by atoms with Gasteiger partial charge in [0.15, 0.2) is 0 Å². The van der Waals surface area contributed by atoms with E-state index in [1.165, 1.54) is 0 Å². The van der Waals surface area contributed by atoms with Crippen molar-refractivity contribution >= 4 is 24.1 Å². The Balaban J connectivity index is 2.33. The Morgan fingerprint density at radius 3 is 2.47 bits per heavy atom. The van der Waals surface area contributed by atoms with Crippen LogP contribution in [0.5, 0.6) is 0 Å². The van der Waals surface area contributed by atoms with Crippen LogP contribution in [0.3, 0.4) is 0 Å². The fraction of sp³-hybridized carbons (Fsp3) is 0.636. The highest BCUT2D eigenvalue weighted by Gasteiger charge is 2.45. The lowest BCUT2D eigenvalue weighted by Crippen LogP contribution is -2.49. The predicted molar refractivity (Wildman–Crippen MR) is 64.0 cm³/mol. The van der Waals surface area contributed by atoms with E-state index in [9.17, 15) is 19.2 Å². The van der Waals surface area contributed by atoms with E-state index in [1.54, 1.807) is 0 Å². The first-order chi connectivity index (χ1) is 8.89. The number of nitrogens with one attached hydrogen (secondary N) is 2. The Labute approximate surface area is 109 Å². The third-order valence-corrected chi connectivity index (χ3v) is 2.86. The van der Waals surface area contributed by atoms with Gasteiger partial charge in [0.25, 0.3) is 0 Å². The van der Waals surface area contributed by atoms with Gasteiger partial charge in [0.2, 0.25) is 11.8 Å². The third kappa shape index (κ3) is 4.66. The highest BCUT2D eigenvalue weighted by Crippen LogP contribution is 2.31. The lowest BCUT2D eigenvalue weighted by atomic mass is 10.1. The Morgan fingerprint density at radius 2 is 2.00 bits per heavy atom. The lowest BCUT2D eigenvalue weighted by Gasteiger charge is -2.14. The van der Waals surface area contributed by atoms with Crippen molar-refractivity contribution in [1.29, 1.82) is 0 Å². The normalized spacial score (nSPS) is 17.1. The van der Waals surface area contributed by atoms with Crippen LogP contribution in [-0.2, 0) is 19.2 Å². The Kier molecular flexibility index (Phi) is 4.99. The summed E-state index contributed by atoms with van der Waals surface area (Å²) in [4.78, 5) is 43.9. The zero-order valence-corrected chi connectivity index (χ0v) is 10.3. The third-order valence-electron chi connectivity index (χ3n) is 2.86. The largest absolute Gasteiger partial charge is 0.480 e. The molecule has 1 saturated carbocycles. The second kappa shape index (κ2) is 6.28. The fourth-order valence-corrected chi connectivity index (χ4v) is 1.44. The molecule has 0 saturated heterocycles. The minimum Gasteiger partial charge on any atom is -0.480 e. The smallest absolute Gasteiger partial charge is 0.326 e. The van der Waals surface area contributed by atoms with E-state index >= 15 is 0 Å². The molecule has 0 spiro atoms. The molecule has 0 aromatic heterocycles. The van der Waals surface area contributed by atoms with Crippen LogP contribution in [0, 0.1) is 0 Å². The van der Waals surface area contributed by atoms with Crippen LogP contribution in [0.25, 0.3) is 0 Å². The minimum atomic E-state index is -1.22. The second-order valence-corrected chi connectivity index (χ2v) is 4.54. The lowest BCUT2D eigenvalue weighted by molar-refractivity contribution is -0.142. The Morgan fingerprint density at radius 1 is 1.37 bits per heavy atom. The van der Waals surface area contributed by atoms with Gasteiger partial charge in [-0.3, -0.25) is 9.59 Å². The van der Waals surface area contributed by atoms with E-state index < -0.39 is 29.4 Å². The number of aliphatic carboxylic acids is 1. The van der Waals surface area contributed by atoms with Crippen molar-refractivity contribution in [2.75, 3.05) is 6.54 Å². The summed E-state index contributed by atoms with van der Waals surface area (Å²) >= 11 is 0. The first-order valence-electron chi connectivity index (χ1n) is 5.92. The number of hydrogen-bond donors (Lipinski definition) is 4. The number of rotatable bonds is 8. The number of nitrogens with two attached hydrogens (primary N) is 1. The van der Waals surface area contributed by atoms with E-state index in [2.05, 4.69) is 10.6 Å². The van der Waals surface area contributed by atoms with Gasteiger partial charge in [-0.25, -0.2) is 4.79 Å². The van der Waals surface area contributed by atoms with Gasteiger partial charge >= 0.3 is 5.97 Å². The molecule has 0 heterocycles. The summed E-state index contributed by atoms with van der Waals surface area (Å²) in [5.41, 5.74) is 4.74. The minimum absolute atomic E-state index is 0.0132. The molecule has 106 valence electrons. The van der Waals surface area contributed by atoms with Gasteiger partial charge in [0, 0.05) is 6.42 Å². The van der Waals surface area contributed by atoms with Crippen molar-refractivity contribution in [2.45, 2.75) is 37.3 Å². The average Bonchev–Trinajstić information content (AvgIpc) is 3.10. The molecular formula is C11H17N3O5. The molecule has 0 bridgehead atoms. The summed E-state index contributed by atoms with van der Waals surface area (Å²) in [5, 5.41) is 13.4. The molecule has 1 aliphatic carbocycles. The highest BCUT2D eigenvalue weighted by molar-refractivity contribution is 5.93. The Bertz CT molecular complexity index is 392. The maximum atomic E-state index is 11.5. The summed E-state index contributed by atoms with van der Waals surface area (Å²) in [7, 11) is 0. The topological polar surface area (TPSA) is 139 Å². The molecule has 1 atom stereocenters. The van der Waals surface area contributed by atoms with Gasteiger partial charge in [-0.2, -0.15) is 0 Å². The van der Waals surface area contributed by atoms with E-state index in [-0.39, 0.29) is 19.4 Å². The van der Waals surface area contributed by atoms with Gasteiger partial charge in [-0.15, -0.1) is 0 Å². The van der Waals surface area contributed by atoms with Gasteiger partial charge < -0.3 is 26.3 Å². The molecular weight excluding hydrogens is 254 g/mol. The maximum Gasteiger partial charge on any atom is 0.326 e. The fourth-order valence-electron chi connectivity index (χ4n) is 1.44. The maximum absolute atomic E-state index is 11.5. The molecule has 1 unspecified atom stereocenters. The molecule has 0 aromatic carbocycles. The molecule has 2 amide bonds. The standard InChI is InChI=1S/C11H17N3O5/c12-11(3-4-11)10(19)13-6-8(16)14-7(9(17)18)2-1-5-15/h5,7H,1-4,6,12H2,(H,13,19)(H,14,16)(H,17,18). The van der Waals surface area contributed by atoms with Crippen LogP contribution in [0.2, 0.25) is 0 Å². The second-order valence-electron chi connectivity index (χ2n) is 4.54. The molecule has 0 aliphatic heterocycles. The van der Waals surface area contributed by atoms with Crippen LogP contribution >= 0.6 is 0 Å². The van der Waals surface area contributed by atoms with Crippen LogP contribution in [-0.4, -0.2) is 47.3 Å². The number of carboxylic acids is 1. The molecule has 19 heavy (non-hydrogen) atoms. The average molecular weight is 271 g/mol. The first kappa shape index (κ1) is 15.1. The molecule has 8 heteroatoms. The van der Waals surface area contributed by atoms with Crippen LogP contribution in [0.4, 0.5) is 0 Å². The molecule has 1 rings (SSSR count). The molecule has 1 aliphatic rings. The van der Waals surface area contributed by atoms with Gasteiger partial charge in [0.05, 0.1) is 12.1 Å². The zero-order valence-electron chi connectivity index (χ0n) is 10.3. The van der Waals surface area contributed by atoms with Crippen molar-refractivity contribution in [3.05, 3.63) is 0 Å². The number of carboxylic acid groups (broad SMARTS) is 1. The number of carbonyl (C=O) groups excluding carboxylic acids is 3. The van der Waals surface area contributed by atoms with E-state index in [1.807, 2.05) is 0 Å². The Hall–Kier alpha value is -1.96. The van der Waals surface area contributed by atoms with E-state index in [0.29, 0.717) is 19.1 Å². The summed E-state index contributed by atoms with van der Waals surface area (Å²) < 4.78 is 0. The zero-order chi connectivity index (χ0) is 14.5. The van der Waals surface area contributed by atoms with E-state index in [0.717, 1.165) is 0 Å². The van der Waals surface area contributed by atoms with Crippen LogP contribution in [0.15, 0.2) is 0 Å². The van der Waals surface area contributed by atoms with Crippen molar-refractivity contribution < 1.29 is 24.3 Å². The van der Waals surface area contributed by atoms with Gasteiger partial charge in [0.1, 0.15) is 12.3 Å². The molecule has 5 N–H and O–H groups in total.